The van der Waals surface area contributed by atoms with E-state index in [1.54, 1.807) is 0 Å². The molecule has 130 valence electrons. The number of aryl methyl sites for hydroxylation is 2. The summed E-state index contributed by atoms with van der Waals surface area (Å²) in [4.78, 5) is 4.67. The van der Waals surface area contributed by atoms with Gasteiger partial charge >= 0.3 is 0 Å². The van der Waals surface area contributed by atoms with Gasteiger partial charge in [0.25, 0.3) is 0 Å². The number of rotatable bonds is 5. The fourth-order valence-corrected chi connectivity index (χ4v) is 2.80. The summed E-state index contributed by atoms with van der Waals surface area (Å²) in [5, 5.41) is 15.2. The Balaban J connectivity index is 0.00000208. The van der Waals surface area contributed by atoms with E-state index in [-0.39, 0.29) is 24.0 Å². The van der Waals surface area contributed by atoms with E-state index < -0.39 is 0 Å². The maximum Gasteiger partial charge on any atom is 0.191 e. The van der Waals surface area contributed by atoms with E-state index in [1.807, 2.05) is 0 Å². The third-order valence-electron chi connectivity index (χ3n) is 4.11. The maximum absolute atomic E-state index is 4.67. The topological polar surface area (TPSA) is 67.1 Å². The first-order chi connectivity index (χ1) is 11.3. The van der Waals surface area contributed by atoms with Gasteiger partial charge in [0.1, 0.15) is 5.82 Å². The lowest BCUT2D eigenvalue weighted by Gasteiger charge is -2.11. The van der Waals surface area contributed by atoms with E-state index in [1.165, 1.54) is 17.5 Å². The van der Waals surface area contributed by atoms with Gasteiger partial charge in [0, 0.05) is 19.5 Å². The van der Waals surface area contributed by atoms with E-state index in [2.05, 4.69) is 68.5 Å². The standard InChI is InChI=1S/C17H24N6.HI/c1-3-18-17(19-11-14-8-5-4-7-13(14)2)20-12-16-22-21-15-9-6-10-23(15)16;/h4-5,7-8H,3,6,9-12H2,1-2H3,(H2,18,19,20);1H. The maximum atomic E-state index is 4.67. The number of guanidine groups is 1. The molecule has 0 unspecified atom stereocenters. The Morgan fingerprint density at radius 3 is 2.88 bits per heavy atom. The first kappa shape index (κ1) is 18.7. The van der Waals surface area contributed by atoms with Crippen LogP contribution >= 0.6 is 24.0 Å². The lowest BCUT2D eigenvalue weighted by atomic mass is 10.1. The summed E-state index contributed by atoms with van der Waals surface area (Å²) in [5.41, 5.74) is 2.51. The molecule has 2 N–H and O–H groups in total. The monoisotopic (exact) mass is 440 g/mol. The van der Waals surface area contributed by atoms with Crippen molar-refractivity contribution in [3.8, 4) is 0 Å². The molecular weight excluding hydrogens is 415 g/mol. The largest absolute Gasteiger partial charge is 0.357 e. The normalized spacial score (nSPS) is 13.3. The first-order valence-electron chi connectivity index (χ1n) is 8.25. The molecule has 24 heavy (non-hydrogen) atoms. The van der Waals surface area contributed by atoms with Crippen molar-refractivity contribution in [3.05, 3.63) is 47.0 Å². The molecule has 0 fully saturated rings. The van der Waals surface area contributed by atoms with Gasteiger partial charge in [-0.15, -0.1) is 34.2 Å². The molecular formula is C17H25IN6. The number of hydrogen-bond donors (Lipinski definition) is 2. The molecule has 1 aliphatic heterocycles. The average Bonchev–Trinajstić information content (AvgIpc) is 3.15. The van der Waals surface area contributed by atoms with Gasteiger partial charge in [-0.05, 0) is 31.4 Å². The Labute approximate surface area is 160 Å². The molecule has 0 aliphatic carbocycles. The highest BCUT2D eigenvalue weighted by atomic mass is 127. The molecule has 1 aromatic carbocycles. The highest BCUT2D eigenvalue weighted by molar-refractivity contribution is 14.0. The number of benzene rings is 1. The van der Waals surface area contributed by atoms with Crippen molar-refractivity contribution >= 4 is 29.9 Å². The van der Waals surface area contributed by atoms with Crippen molar-refractivity contribution in [1.29, 1.82) is 0 Å². The molecule has 0 amide bonds. The summed E-state index contributed by atoms with van der Waals surface area (Å²) in [6, 6.07) is 8.34. The van der Waals surface area contributed by atoms with Gasteiger partial charge in [0.2, 0.25) is 0 Å². The predicted molar refractivity (Wildman–Crippen MR) is 107 cm³/mol. The predicted octanol–water partition coefficient (Wildman–Crippen LogP) is 2.41. The number of fused-ring (bicyclic) bond motifs is 1. The summed E-state index contributed by atoms with van der Waals surface area (Å²) in [6.07, 6.45) is 2.20. The molecule has 6 nitrogen and oxygen atoms in total. The second-order valence-corrected chi connectivity index (χ2v) is 5.76. The average molecular weight is 440 g/mol. The Hall–Kier alpha value is -1.64. The number of halogens is 1. The minimum atomic E-state index is 0. The van der Waals surface area contributed by atoms with Crippen LogP contribution in [0.15, 0.2) is 29.3 Å². The number of aromatic nitrogens is 3. The van der Waals surface area contributed by atoms with Crippen LogP contribution in [0.1, 0.15) is 36.1 Å². The fourth-order valence-electron chi connectivity index (χ4n) is 2.80. The molecule has 0 saturated heterocycles. The quantitative estimate of drug-likeness (QED) is 0.426. The van der Waals surface area contributed by atoms with Gasteiger partial charge < -0.3 is 15.2 Å². The van der Waals surface area contributed by atoms with Crippen LogP contribution in [-0.2, 0) is 26.1 Å². The summed E-state index contributed by atoms with van der Waals surface area (Å²) in [6.45, 7) is 7.35. The minimum Gasteiger partial charge on any atom is -0.357 e. The van der Waals surface area contributed by atoms with E-state index in [0.717, 1.165) is 37.1 Å². The van der Waals surface area contributed by atoms with Crippen LogP contribution in [0.3, 0.4) is 0 Å². The Bertz CT molecular complexity index is 694. The third kappa shape index (κ3) is 4.46. The summed E-state index contributed by atoms with van der Waals surface area (Å²) in [7, 11) is 0. The molecule has 1 aromatic heterocycles. The zero-order chi connectivity index (χ0) is 16.1. The summed E-state index contributed by atoms with van der Waals surface area (Å²) < 4.78 is 2.21. The summed E-state index contributed by atoms with van der Waals surface area (Å²) >= 11 is 0. The lowest BCUT2D eigenvalue weighted by Crippen LogP contribution is -2.37. The van der Waals surface area contributed by atoms with E-state index in [4.69, 9.17) is 0 Å². The van der Waals surface area contributed by atoms with Gasteiger partial charge in [0.15, 0.2) is 11.8 Å². The number of hydrogen-bond acceptors (Lipinski definition) is 3. The smallest absolute Gasteiger partial charge is 0.191 e. The second-order valence-electron chi connectivity index (χ2n) is 5.76. The van der Waals surface area contributed by atoms with E-state index in [0.29, 0.717) is 13.1 Å². The third-order valence-corrected chi connectivity index (χ3v) is 4.11. The van der Waals surface area contributed by atoms with Gasteiger partial charge in [0.05, 0.1) is 13.1 Å². The molecule has 0 spiro atoms. The van der Waals surface area contributed by atoms with Crippen molar-refractivity contribution in [2.24, 2.45) is 4.99 Å². The van der Waals surface area contributed by atoms with Gasteiger partial charge in [-0.1, -0.05) is 24.3 Å². The molecule has 0 bridgehead atoms. The first-order valence-corrected chi connectivity index (χ1v) is 8.25. The van der Waals surface area contributed by atoms with Crippen LogP contribution in [0.2, 0.25) is 0 Å². The SMILES string of the molecule is CCNC(=NCc1ccccc1C)NCc1nnc2n1CCC2.I. The molecule has 7 heteroatoms. The van der Waals surface area contributed by atoms with Crippen molar-refractivity contribution < 1.29 is 0 Å². The van der Waals surface area contributed by atoms with Crippen molar-refractivity contribution in [3.63, 3.8) is 0 Å². The van der Waals surface area contributed by atoms with Crippen molar-refractivity contribution in [1.82, 2.24) is 25.4 Å². The Morgan fingerprint density at radius 1 is 1.25 bits per heavy atom. The van der Waals surface area contributed by atoms with Gasteiger partial charge in [-0.2, -0.15) is 0 Å². The number of aliphatic imine (C=N–C) groups is 1. The van der Waals surface area contributed by atoms with Gasteiger partial charge in [-0.25, -0.2) is 4.99 Å². The molecule has 3 rings (SSSR count). The molecule has 2 aromatic rings. The molecule has 2 heterocycles. The Morgan fingerprint density at radius 2 is 2.08 bits per heavy atom. The van der Waals surface area contributed by atoms with Crippen LogP contribution in [-0.4, -0.2) is 27.3 Å². The van der Waals surface area contributed by atoms with Crippen LogP contribution in [0.5, 0.6) is 0 Å². The molecule has 0 saturated carbocycles. The van der Waals surface area contributed by atoms with Crippen molar-refractivity contribution in [2.75, 3.05) is 6.54 Å². The van der Waals surface area contributed by atoms with Crippen molar-refractivity contribution in [2.45, 2.75) is 46.3 Å². The molecule has 0 atom stereocenters. The molecule has 0 radical (unpaired) electrons. The minimum absolute atomic E-state index is 0. The van der Waals surface area contributed by atoms with E-state index >= 15 is 0 Å². The molecule has 1 aliphatic rings. The van der Waals surface area contributed by atoms with Crippen LogP contribution in [0, 0.1) is 6.92 Å². The van der Waals surface area contributed by atoms with Crippen LogP contribution < -0.4 is 10.6 Å². The zero-order valence-corrected chi connectivity index (χ0v) is 16.6. The van der Waals surface area contributed by atoms with E-state index in [9.17, 15) is 0 Å². The Kier molecular flexibility index (Phi) is 7.01. The number of nitrogens with zero attached hydrogens (tertiary/aromatic N) is 4. The highest BCUT2D eigenvalue weighted by Crippen LogP contribution is 2.13. The van der Waals surface area contributed by atoms with Gasteiger partial charge in [-0.3, -0.25) is 0 Å². The highest BCUT2D eigenvalue weighted by Gasteiger charge is 2.17. The van der Waals surface area contributed by atoms with Crippen LogP contribution in [0.4, 0.5) is 0 Å². The van der Waals surface area contributed by atoms with Crippen LogP contribution in [0.25, 0.3) is 0 Å². The zero-order valence-electron chi connectivity index (χ0n) is 14.2. The number of nitrogens with one attached hydrogen (secondary N) is 2. The fraction of sp³-hybridized carbons (Fsp3) is 0.471. The lowest BCUT2D eigenvalue weighted by molar-refractivity contribution is 0.663. The summed E-state index contributed by atoms with van der Waals surface area (Å²) in [5.74, 6) is 2.90. The second kappa shape index (κ2) is 9.00.